The largest absolute Gasteiger partial charge is 0.398 e. The van der Waals surface area contributed by atoms with Crippen LogP contribution in [0.2, 0.25) is 0 Å². The van der Waals surface area contributed by atoms with Crippen LogP contribution in [0.25, 0.3) is 0 Å². The second-order valence-electron chi connectivity index (χ2n) is 5.07. The first kappa shape index (κ1) is 15.5. The van der Waals surface area contributed by atoms with Gasteiger partial charge in [-0.2, -0.15) is 5.26 Å². The van der Waals surface area contributed by atoms with E-state index in [9.17, 15) is 4.79 Å². The maximum Gasteiger partial charge on any atom is 0.254 e. The SMILES string of the molecule is Cc1ccc(C(=O)N(CCC#N)Cc2cccnc2)cc1N. The van der Waals surface area contributed by atoms with Gasteiger partial charge < -0.3 is 10.6 Å². The molecule has 2 aromatic rings. The van der Waals surface area contributed by atoms with E-state index in [1.165, 1.54) is 0 Å². The summed E-state index contributed by atoms with van der Waals surface area (Å²) in [6.45, 7) is 2.69. The number of anilines is 1. The number of aryl methyl sites for hydroxylation is 1. The van der Waals surface area contributed by atoms with Crippen molar-refractivity contribution in [1.82, 2.24) is 9.88 Å². The number of hydrogen-bond acceptors (Lipinski definition) is 4. The van der Waals surface area contributed by atoms with Crippen LogP contribution in [0, 0.1) is 18.3 Å². The maximum absolute atomic E-state index is 12.7. The zero-order valence-electron chi connectivity index (χ0n) is 12.5. The zero-order valence-corrected chi connectivity index (χ0v) is 12.5. The number of benzene rings is 1. The molecule has 5 nitrogen and oxygen atoms in total. The Morgan fingerprint density at radius 3 is 2.86 bits per heavy atom. The van der Waals surface area contributed by atoms with Crippen LogP contribution in [0.15, 0.2) is 42.7 Å². The molecule has 0 aliphatic heterocycles. The summed E-state index contributed by atoms with van der Waals surface area (Å²) in [5.41, 5.74) is 8.86. The van der Waals surface area contributed by atoms with Gasteiger partial charge in [-0.1, -0.05) is 12.1 Å². The Labute approximate surface area is 130 Å². The third-order valence-corrected chi connectivity index (χ3v) is 3.40. The Hall–Kier alpha value is -2.87. The van der Waals surface area contributed by atoms with E-state index in [0.717, 1.165) is 11.1 Å². The van der Waals surface area contributed by atoms with Gasteiger partial charge in [0.15, 0.2) is 0 Å². The van der Waals surface area contributed by atoms with E-state index < -0.39 is 0 Å². The fourth-order valence-electron chi connectivity index (χ4n) is 2.11. The number of nitrogen functional groups attached to an aromatic ring is 1. The highest BCUT2D eigenvalue weighted by Crippen LogP contribution is 2.16. The lowest BCUT2D eigenvalue weighted by atomic mass is 10.1. The number of nitrogens with two attached hydrogens (primary N) is 1. The molecular weight excluding hydrogens is 276 g/mol. The molecule has 2 N–H and O–H groups in total. The minimum absolute atomic E-state index is 0.134. The third kappa shape index (κ3) is 3.83. The molecule has 2 rings (SSSR count). The summed E-state index contributed by atoms with van der Waals surface area (Å²) in [4.78, 5) is 18.4. The smallest absolute Gasteiger partial charge is 0.254 e. The second kappa shape index (κ2) is 7.23. The molecule has 22 heavy (non-hydrogen) atoms. The molecule has 0 spiro atoms. The molecule has 5 heteroatoms. The predicted molar refractivity (Wildman–Crippen MR) is 84.8 cm³/mol. The first-order valence-corrected chi connectivity index (χ1v) is 7.03. The van der Waals surface area contributed by atoms with Gasteiger partial charge in [-0.3, -0.25) is 9.78 Å². The number of pyridine rings is 1. The Morgan fingerprint density at radius 1 is 1.41 bits per heavy atom. The average Bonchev–Trinajstić information content (AvgIpc) is 2.54. The molecule has 0 radical (unpaired) electrons. The molecule has 1 amide bonds. The molecule has 0 saturated carbocycles. The molecular formula is C17H18N4O. The first-order valence-electron chi connectivity index (χ1n) is 7.03. The molecule has 1 heterocycles. The summed E-state index contributed by atoms with van der Waals surface area (Å²) in [5, 5.41) is 8.79. The number of rotatable bonds is 5. The summed E-state index contributed by atoms with van der Waals surface area (Å²) >= 11 is 0. The maximum atomic E-state index is 12.7. The number of carbonyl (C=O) groups excluding carboxylic acids is 1. The monoisotopic (exact) mass is 294 g/mol. The van der Waals surface area contributed by atoms with Crippen LogP contribution < -0.4 is 5.73 Å². The fourth-order valence-corrected chi connectivity index (χ4v) is 2.11. The molecule has 0 bridgehead atoms. The van der Waals surface area contributed by atoms with Crippen molar-refractivity contribution in [2.75, 3.05) is 12.3 Å². The van der Waals surface area contributed by atoms with Crippen molar-refractivity contribution < 1.29 is 4.79 Å². The summed E-state index contributed by atoms with van der Waals surface area (Å²) in [6, 6.07) is 11.1. The third-order valence-electron chi connectivity index (χ3n) is 3.40. The van der Waals surface area contributed by atoms with Crippen molar-refractivity contribution in [3.63, 3.8) is 0 Å². The number of carbonyl (C=O) groups is 1. The van der Waals surface area contributed by atoms with E-state index >= 15 is 0 Å². The van der Waals surface area contributed by atoms with Gasteiger partial charge in [-0.15, -0.1) is 0 Å². The summed E-state index contributed by atoms with van der Waals surface area (Å²) < 4.78 is 0. The van der Waals surface area contributed by atoms with Crippen molar-refractivity contribution >= 4 is 11.6 Å². The number of amides is 1. The van der Waals surface area contributed by atoms with E-state index in [1.807, 2.05) is 25.1 Å². The van der Waals surface area contributed by atoms with Crippen LogP contribution in [-0.4, -0.2) is 22.3 Å². The van der Waals surface area contributed by atoms with Gasteiger partial charge >= 0.3 is 0 Å². The van der Waals surface area contributed by atoms with E-state index in [-0.39, 0.29) is 12.3 Å². The van der Waals surface area contributed by atoms with Crippen LogP contribution >= 0.6 is 0 Å². The quantitative estimate of drug-likeness (QED) is 0.859. The van der Waals surface area contributed by atoms with Gasteiger partial charge in [0.05, 0.1) is 12.5 Å². The number of hydrogen-bond donors (Lipinski definition) is 1. The first-order chi connectivity index (χ1) is 10.6. The number of nitrogens with zero attached hydrogens (tertiary/aromatic N) is 3. The molecule has 0 aliphatic carbocycles. The highest BCUT2D eigenvalue weighted by atomic mass is 16.2. The van der Waals surface area contributed by atoms with E-state index in [1.54, 1.807) is 29.4 Å². The van der Waals surface area contributed by atoms with Crippen LogP contribution in [0.4, 0.5) is 5.69 Å². The van der Waals surface area contributed by atoms with E-state index in [2.05, 4.69) is 11.1 Å². The highest BCUT2D eigenvalue weighted by molar-refractivity contribution is 5.95. The Bertz CT molecular complexity index is 692. The van der Waals surface area contributed by atoms with E-state index in [0.29, 0.717) is 24.3 Å². The molecule has 112 valence electrons. The fraction of sp³-hybridized carbons (Fsp3) is 0.235. The van der Waals surface area contributed by atoms with Crippen molar-refractivity contribution in [3.05, 3.63) is 59.4 Å². The Balaban J connectivity index is 2.22. The summed E-state index contributed by atoms with van der Waals surface area (Å²) in [5.74, 6) is -0.134. The lowest BCUT2D eigenvalue weighted by Crippen LogP contribution is -2.31. The number of aromatic nitrogens is 1. The lowest BCUT2D eigenvalue weighted by molar-refractivity contribution is 0.0747. The van der Waals surface area contributed by atoms with Crippen molar-refractivity contribution in [3.8, 4) is 6.07 Å². The van der Waals surface area contributed by atoms with Crippen LogP contribution in [-0.2, 0) is 6.54 Å². The standard InChI is InChI=1S/C17H18N4O/c1-13-5-6-15(10-16(13)19)17(22)21(9-3-7-18)12-14-4-2-8-20-11-14/h2,4-6,8,10-11H,3,9,12,19H2,1H3. The summed E-state index contributed by atoms with van der Waals surface area (Å²) in [6.07, 6.45) is 3.69. The molecule has 1 aromatic carbocycles. The minimum atomic E-state index is -0.134. The molecule has 0 unspecified atom stereocenters. The van der Waals surface area contributed by atoms with Crippen LogP contribution in [0.3, 0.4) is 0 Å². The lowest BCUT2D eigenvalue weighted by Gasteiger charge is -2.22. The van der Waals surface area contributed by atoms with Crippen molar-refractivity contribution in [1.29, 1.82) is 5.26 Å². The Morgan fingerprint density at radius 2 is 2.23 bits per heavy atom. The van der Waals surface area contributed by atoms with Crippen LogP contribution in [0.5, 0.6) is 0 Å². The molecule has 1 aromatic heterocycles. The highest BCUT2D eigenvalue weighted by Gasteiger charge is 2.16. The zero-order chi connectivity index (χ0) is 15.9. The molecule has 0 atom stereocenters. The van der Waals surface area contributed by atoms with Gasteiger partial charge in [0.2, 0.25) is 0 Å². The normalized spacial score (nSPS) is 10.0. The van der Waals surface area contributed by atoms with E-state index in [4.69, 9.17) is 11.0 Å². The van der Waals surface area contributed by atoms with Crippen LogP contribution in [0.1, 0.15) is 27.9 Å². The van der Waals surface area contributed by atoms with Crippen molar-refractivity contribution in [2.24, 2.45) is 0 Å². The van der Waals surface area contributed by atoms with Gasteiger partial charge in [-0.25, -0.2) is 0 Å². The molecule has 0 fully saturated rings. The Kier molecular flexibility index (Phi) is 5.10. The second-order valence-corrected chi connectivity index (χ2v) is 5.07. The van der Waals surface area contributed by atoms with Gasteiger partial charge in [0, 0.05) is 36.7 Å². The molecule has 0 aliphatic rings. The molecule has 0 saturated heterocycles. The average molecular weight is 294 g/mol. The topological polar surface area (TPSA) is 83.0 Å². The summed E-state index contributed by atoms with van der Waals surface area (Å²) in [7, 11) is 0. The minimum Gasteiger partial charge on any atom is -0.398 e. The van der Waals surface area contributed by atoms with Gasteiger partial charge in [-0.05, 0) is 36.2 Å². The van der Waals surface area contributed by atoms with Gasteiger partial charge in [0.25, 0.3) is 5.91 Å². The van der Waals surface area contributed by atoms with Crippen molar-refractivity contribution in [2.45, 2.75) is 19.9 Å². The number of nitriles is 1. The predicted octanol–water partition coefficient (Wildman–Crippen LogP) is 2.53. The van der Waals surface area contributed by atoms with Gasteiger partial charge in [0.1, 0.15) is 0 Å².